The molecule has 0 fully saturated rings. The predicted octanol–water partition coefficient (Wildman–Crippen LogP) is 2.40. The lowest BCUT2D eigenvalue weighted by atomic mass is 10.3. The molecule has 0 saturated heterocycles. The molecule has 7 heteroatoms. The summed E-state index contributed by atoms with van der Waals surface area (Å²) < 4.78 is 32.8. The van der Waals surface area contributed by atoms with Gasteiger partial charge in [0.05, 0.1) is 16.0 Å². The molecular weight excluding hydrogens is 320 g/mol. The van der Waals surface area contributed by atoms with Gasteiger partial charge in [-0.1, -0.05) is 0 Å². The van der Waals surface area contributed by atoms with E-state index in [9.17, 15) is 8.42 Å². The van der Waals surface area contributed by atoms with Crippen LogP contribution in [0.3, 0.4) is 0 Å². The van der Waals surface area contributed by atoms with Crippen molar-refractivity contribution in [2.45, 2.75) is 4.90 Å². The monoisotopic (exact) mass is 328 g/mol. The van der Waals surface area contributed by atoms with Gasteiger partial charge >= 0.3 is 0 Å². The number of hydrogen-bond donors (Lipinski definition) is 0. The highest BCUT2D eigenvalue weighted by atomic mass is 79.9. The van der Waals surface area contributed by atoms with Gasteiger partial charge in [-0.05, 0) is 34.1 Å². The molecule has 1 rings (SSSR count). The molecule has 0 unspecified atom stereocenters. The molecule has 0 atom stereocenters. The number of ether oxygens (including phenoxy) is 2. The normalized spacial score (nSPS) is 11.4. The molecule has 0 amide bonds. The van der Waals surface area contributed by atoms with E-state index >= 15 is 0 Å². The summed E-state index contributed by atoms with van der Waals surface area (Å²) in [6.07, 6.45) is 0. The Morgan fingerprint density at radius 1 is 1.38 bits per heavy atom. The van der Waals surface area contributed by atoms with E-state index in [4.69, 9.17) is 20.2 Å². The molecule has 90 valence electrons. The Kier molecular flexibility index (Phi) is 5.04. The SMILES string of the molecule is COCCOc1ccc(S(=O)(=O)Cl)cc1Br. The number of halogens is 2. The van der Waals surface area contributed by atoms with E-state index in [-0.39, 0.29) is 4.90 Å². The van der Waals surface area contributed by atoms with Crippen LogP contribution < -0.4 is 4.74 Å². The molecule has 0 heterocycles. The van der Waals surface area contributed by atoms with Gasteiger partial charge in [-0.25, -0.2) is 8.42 Å². The Morgan fingerprint density at radius 2 is 2.06 bits per heavy atom. The number of hydrogen-bond acceptors (Lipinski definition) is 4. The van der Waals surface area contributed by atoms with Gasteiger partial charge in [0.25, 0.3) is 9.05 Å². The molecule has 0 aliphatic carbocycles. The molecule has 0 radical (unpaired) electrons. The molecule has 0 N–H and O–H groups in total. The summed E-state index contributed by atoms with van der Waals surface area (Å²) in [5.41, 5.74) is 0. The topological polar surface area (TPSA) is 52.6 Å². The van der Waals surface area contributed by atoms with Crippen LogP contribution in [0.25, 0.3) is 0 Å². The van der Waals surface area contributed by atoms with E-state index in [1.807, 2.05) is 0 Å². The van der Waals surface area contributed by atoms with Crippen molar-refractivity contribution in [2.24, 2.45) is 0 Å². The van der Waals surface area contributed by atoms with Crippen molar-refractivity contribution < 1.29 is 17.9 Å². The predicted molar refractivity (Wildman–Crippen MR) is 64.6 cm³/mol. The first-order valence-electron chi connectivity index (χ1n) is 4.31. The van der Waals surface area contributed by atoms with Gasteiger partial charge in [-0.2, -0.15) is 0 Å². The number of methoxy groups -OCH3 is 1. The second-order valence-corrected chi connectivity index (χ2v) is 6.29. The lowest BCUT2D eigenvalue weighted by Gasteiger charge is -2.08. The maximum Gasteiger partial charge on any atom is 0.261 e. The first kappa shape index (κ1) is 13.8. The van der Waals surface area contributed by atoms with Gasteiger partial charge in [0, 0.05) is 17.8 Å². The Balaban J connectivity index is 2.84. The number of benzene rings is 1. The third-order valence-electron chi connectivity index (χ3n) is 1.73. The first-order chi connectivity index (χ1) is 7.45. The molecule has 0 aromatic heterocycles. The first-order valence-corrected chi connectivity index (χ1v) is 7.41. The smallest absolute Gasteiger partial charge is 0.261 e. The Morgan fingerprint density at radius 3 is 2.56 bits per heavy atom. The highest BCUT2D eigenvalue weighted by molar-refractivity contribution is 9.10. The van der Waals surface area contributed by atoms with Crippen molar-refractivity contribution in [3.8, 4) is 5.75 Å². The van der Waals surface area contributed by atoms with E-state index in [0.717, 1.165) is 0 Å². The lowest BCUT2D eigenvalue weighted by Crippen LogP contribution is -2.04. The van der Waals surface area contributed by atoms with Crippen LogP contribution in [0, 0.1) is 0 Å². The molecule has 4 nitrogen and oxygen atoms in total. The quantitative estimate of drug-likeness (QED) is 0.615. The third-order valence-corrected chi connectivity index (χ3v) is 3.70. The second-order valence-electron chi connectivity index (χ2n) is 2.87. The summed E-state index contributed by atoms with van der Waals surface area (Å²) in [6.45, 7) is 0.851. The highest BCUT2D eigenvalue weighted by Gasteiger charge is 2.12. The van der Waals surface area contributed by atoms with Crippen molar-refractivity contribution in [3.63, 3.8) is 0 Å². The minimum absolute atomic E-state index is 0.0279. The van der Waals surface area contributed by atoms with Gasteiger partial charge in [0.1, 0.15) is 12.4 Å². The van der Waals surface area contributed by atoms with Crippen molar-refractivity contribution in [3.05, 3.63) is 22.7 Å². The average Bonchev–Trinajstić information content (AvgIpc) is 2.19. The maximum atomic E-state index is 11.0. The van der Waals surface area contributed by atoms with Gasteiger partial charge in [0.2, 0.25) is 0 Å². The summed E-state index contributed by atoms with van der Waals surface area (Å²) in [4.78, 5) is 0.0279. The minimum Gasteiger partial charge on any atom is -0.490 e. The van der Waals surface area contributed by atoms with E-state index in [1.165, 1.54) is 18.2 Å². The molecular formula is C9H10BrClO4S. The fourth-order valence-corrected chi connectivity index (χ4v) is 2.41. The zero-order valence-corrected chi connectivity index (χ0v) is 11.6. The number of rotatable bonds is 5. The fourth-order valence-electron chi connectivity index (χ4n) is 0.985. The largest absolute Gasteiger partial charge is 0.490 e. The Labute approximate surface area is 107 Å². The van der Waals surface area contributed by atoms with E-state index in [2.05, 4.69) is 15.9 Å². The van der Waals surface area contributed by atoms with Crippen LogP contribution in [-0.4, -0.2) is 28.7 Å². The summed E-state index contributed by atoms with van der Waals surface area (Å²) in [7, 11) is 3.07. The summed E-state index contributed by atoms with van der Waals surface area (Å²) in [5.74, 6) is 0.543. The zero-order chi connectivity index (χ0) is 12.2. The summed E-state index contributed by atoms with van der Waals surface area (Å²) in [6, 6.07) is 4.31. The molecule has 0 saturated carbocycles. The Hall–Kier alpha value is -0.300. The average molecular weight is 330 g/mol. The van der Waals surface area contributed by atoms with Crippen LogP contribution >= 0.6 is 26.6 Å². The zero-order valence-electron chi connectivity index (χ0n) is 8.44. The van der Waals surface area contributed by atoms with Gasteiger partial charge in [-0.3, -0.25) is 0 Å². The van der Waals surface area contributed by atoms with Crippen LogP contribution in [0.15, 0.2) is 27.6 Å². The lowest BCUT2D eigenvalue weighted by molar-refractivity contribution is 0.146. The van der Waals surface area contributed by atoms with Crippen molar-refractivity contribution >= 4 is 35.7 Å². The molecule has 0 spiro atoms. The van der Waals surface area contributed by atoms with Crippen LogP contribution in [0.1, 0.15) is 0 Å². The van der Waals surface area contributed by atoms with E-state index < -0.39 is 9.05 Å². The van der Waals surface area contributed by atoms with E-state index in [1.54, 1.807) is 7.11 Å². The van der Waals surface area contributed by atoms with Gasteiger partial charge in [-0.15, -0.1) is 0 Å². The minimum atomic E-state index is -3.71. The van der Waals surface area contributed by atoms with Gasteiger partial charge in [0.15, 0.2) is 0 Å². The van der Waals surface area contributed by atoms with Crippen LogP contribution in [0.5, 0.6) is 5.75 Å². The molecule has 0 bridgehead atoms. The van der Waals surface area contributed by atoms with Crippen LogP contribution in [0.4, 0.5) is 0 Å². The summed E-state index contributed by atoms with van der Waals surface area (Å²) >= 11 is 3.20. The Bertz CT molecular complexity index is 461. The van der Waals surface area contributed by atoms with Crippen LogP contribution in [-0.2, 0) is 13.8 Å². The molecule has 16 heavy (non-hydrogen) atoms. The van der Waals surface area contributed by atoms with E-state index in [0.29, 0.717) is 23.4 Å². The van der Waals surface area contributed by atoms with Crippen molar-refractivity contribution in [1.29, 1.82) is 0 Å². The van der Waals surface area contributed by atoms with Gasteiger partial charge < -0.3 is 9.47 Å². The molecule has 1 aromatic carbocycles. The highest BCUT2D eigenvalue weighted by Crippen LogP contribution is 2.29. The standard InChI is InChI=1S/C9H10BrClO4S/c1-14-4-5-15-9-3-2-7(6-8(9)10)16(11,12)13/h2-3,6H,4-5H2,1H3. The fraction of sp³-hybridized carbons (Fsp3) is 0.333. The second kappa shape index (κ2) is 5.86. The summed E-state index contributed by atoms with van der Waals surface area (Å²) in [5, 5.41) is 0. The molecule has 1 aromatic rings. The van der Waals surface area contributed by atoms with Crippen molar-refractivity contribution in [1.82, 2.24) is 0 Å². The maximum absolute atomic E-state index is 11.0. The molecule has 0 aliphatic rings. The third kappa shape index (κ3) is 3.93. The van der Waals surface area contributed by atoms with Crippen molar-refractivity contribution in [2.75, 3.05) is 20.3 Å². The van der Waals surface area contributed by atoms with Crippen LogP contribution in [0.2, 0.25) is 0 Å². The molecule has 0 aliphatic heterocycles.